The van der Waals surface area contributed by atoms with E-state index in [0.29, 0.717) is 11.7 Å². The number of rotatable bonds is 2. The number of amidine groups is 1. The molecule has 1 aliphatic carbocycles. The minimum Gasteiger partial charge on any atom is -0.382 e. The van der Waals surface area contributed by atoms with Crippen LogP contribution in [0.25, 0.3) is 0 Å². The Morgan fingerprint density at radius 3 is 3.00 bits per heavy atom. The Balaban J connectivity index is 1.93. The number of anilines is 1. The molecule has 0 spiro atoms. The minimum absolute atomic E-state index is 0.0739. The summed E-state index contributed by atoms with van der Waals surface area (Å²) in [6, 6.07) is 4.64. The van der Waals surface area contributed by atoms with E-state index >= 15 is 0 Å². The Morgan fingerprint density at radius 1 is 1.33 bits per heavy atom. The second-order valence-electron chi connectivity index (χ2n) is 5.38. The molecule has 2 atom stereocenters. The molecule has 0 bridgehead atoms. The minimum atomic E-state index is 0.0739. The lowest BCUT2D eigenvalue weighted by Crippen LogP contribution is -2.36. The fourth-order valence-electron chi connectivity index (χ4n) is 3.54. The number of hydrogen-bond acceptors (Lipinski definition) is 3. The van der Waals surface area contributed by atoms with Crippen LogP contribution in [0.5, 0.6) is 0 Å². The molecule has 1 saturated carbocycles. The number of hydrogen-bond donors (Lipinski definition) is 2. The first-order valence-electron chi connectivity index (χ1n) is 6.83. The molecule has 0 amide bonds. The molecule has 4 heteroatoms. The summed E-state index contributed by atoms with van der Waals surface area (Å²) >= 11 is 0. The van der Waals surface area contributed by atoms with Gasteiger partial charge in [-0.1, -0.05) is 12.8 Å². The van der Waals surface area contributed by atoms with E-state index in [9.17, 15) is 0 Å². The standard InChI is InChI=1S/C14H20N4/c15-14(16)13-12(6-3-8-17-13)18-9-7-10-4-1-2-5-11(10)18/h3,6,8,10-11H,1-2,4-5,7,9H2,(H3,15,16). The monoisotopic (exact) mass is 244 g/mol. The van der Waals surface area contributed by atoms with Crippen LogP contribution in [0.4, 0.5) is 5.69 Å². The van der Waals surface area contributed by atoms with Crippen molar-refractivity contribution in [2.24, 2.45) is 11.7 Å². The number of nitrogens with zero attached hydrogens (tertiary/aromatic N) is 2. The van der Waals surface area contributed by atoms with Crippen LogP contribution in [-0.2, 0) is 0 Å². The third kappa shape index (κ3) is 1.85. The van der Waals surface area contributed by atoms with E-state index in [-0.39, 0.29) is 5.84 Å². The first kappa shape index (κ1) is 11.5. The van der Waals surface area contributed by atoms with Gasteiger partial charge in [0.05, 0.1) is 5.69 Å². The van der Waals surface area contributed by atoms with E-state index in [1.807, 2.05) is 6.07 Å². The summed E-state index contributed by atoms with van der Waals surface area (Å²) in [5, 5.41) is 7.66. The lowest BCUT2D eigenvalue weighted by atomic mass is 9.85. The molecule has 2 unspecified atom stereocenters. The second-order valence-corrected chi connectivity index (χ2v) is 5.38. The molecule has 1 aromatic rings. The highest BCUT2D eigenvalue weighted by atomic mass is 15.2. The van der Waals surface area contributed by atoms with Crippen molar-refractivity contribution in [3.8, 4) is 0 Å². The zero-order chi connectivity index (χ0) is 12.5. The summed E-state index contributed by atoms with van der Waals surface area (Å²) in [7, 11) is 0. The Labute approximate surface area is 108 Å². The maximum atomic E-state index is 7.66. The molecular weight excluding hydrogens is 224 g/mol. The Bertz CT molecular complexity index is 457. The topological polar surface area (TPSA) is 66.0 Å². The van der Waals surface area contributed by atoms with Crippen molar-refractivity contribution in [2.75, 3.05) is 11.4 Å². The summed E-state index contributed by atoms with van der Waals surface area (Å²) in [5.41, 5.74) is 7.34. The van der Waals surface area contributed by atoms with Crippen LogP contribution in [0.15, 0.2) is 18.3 Å². The molecule has 96 valence electrons. The lowest BCUT2D eigenvalue weighted by molar-refractivity contribution is 0.342. The predicted molar refractivity (Wildman–Crippen MR) is 73.0 cm³/mol. The molecule has 0 radical (unpaired) electrons. The van der Waals surface area contributed by atoms with Crippen molar-refractivity contribution in [3.05, 3.63) is 24.0 Å². The second kappa shape index (κ2) is 4.59. The maximum absolute atomic E-state index is 7.66. The zero-order valence-electron chi connectivity index (χ0n) is 10.6. The predicted octanol–water partition coefficient (Wildman–Crippen LogP) is 2.13. The van der Waals surface area contributed by atoms with Gasteiger partial charge in [-0.2, -0.15) is 0 Å². The van der Waals surface area contributed by atoms with Gasteiger partial charge in [0.25, 0.3) is 0 Å². The van der Waals surface area contributed by atoms with Crippen molar-refractivity contribution in [1.82, 2.24) is 4.98 Å². The highest BCUT2D eigenvalue weighted by Crippen LogP contribution is 2.39. The van der Waals surface area contributed by atoms with Crippen LogP contribution in [0, 0.1) is 11.3 Å². The summed E-state index contributed by atoms with van der Waals surface area (Å²) < 4.78 is 0. The summed E-state index contributed by atoms with van der Waals surface area (Å²) in [6.07, 6.45) is 8.33. The average Bonchev–Trinajstić information content (AvgIpc) is 2.82. The molecule has 1 aromatic heterocycles. The van der Waals surface area contributed by atoms with Crippen molar-refractivity contribution in [2.45, 2.75) is 38.1 Å². The average molecular weight is 244 g/mol. The van der Waals surface area contributed by atoms with Gasteiger partial charge in [-0.15, -0.1) is 0 Å². The summed E-state index contributed by atoms with van der Waals surface area (Å²) in [6.45, 7) is 1.08. The molecule has 2 fully saturated rings. The normalized spacial score (nSPS) is 27.0. The fraction of sp³-hybridized carbons (Fsp3) is 0.571. The number of nitrogen functional groups attached to an aromatic ring is 1. The van der Waals surface area contributed by atoms with Crippen LogP contribution in [0.3, 0.4) is 0 Å². The molecule has 1 aliphatic heterocycles. The van der Waals surface area contributed by atoms with E-state index in [2.05, 4.69) is 16.0 Å². The molecule has 3 N–H and O–H groups in total. The number of pyridine rings is 1. The molecule has 4 nitrogen and oxygen atoms in total. The third-order valence-corrected chi connectivity index (χ3v) is 4.36. The van der Waals surface area contributed by atoms with Crippen LogP contribution in [0.2, 0.25) is 0 Å². The molecule has 2 aliphatic rings. The van der Waals surface area contributed by atoms with Gasteiger partial charge >= 0.3 is 0 Å². The van der Waals surface area contributed by atoms with Gasteiger partial charge < -0.3 is 10.6 Å². The van der Waals surface area contributed by atoms with Gasteiger partial charge in [0, 0.05) is 18.8 Å². The van der Waals surface area contributed by atoms with E-state index in [0.717, 1.165) is 18.2 Å². The lowest BCUT2D eigenvalue weighted by Gasteiger charge is -2.33. The number of fused-ring (bicyclic) bond motifs is 1. The molecule has 3 rings (SSSR count). The molecule has 1 saturated heterocycles. The number of nitrogens with one attached hydrogen (secondary N) is 1. The van der Waals surface area contributed by atoms with Crippen molar-refractivity contribution < 1.29 is 0 Å². The van der Waals surface area contributed by atoms with Gasteiger partial charge in [-0.25, -0.2) is 0 Å². The van der Waals surface area contributed by atoms with Crippen molar-refractivity contribution >= 4 is 11.5 Å². The first-order chi connectivity index (χ1) is 8.77. The van der Waals surface area contributed by atoms with Crippen LogP contribution in [0.1, 0.15) is 37.8 Å². The van der Waals surface area contributed by atoms with Crippen LogP contribution >= 0.6 is 0 Å². The van der Waals surface area contributed by atoms with Gasteiger partial charge in [0.2, 0.25) is 0 Å². The van der Waals surface area contributed by atoms with Crippen molar-refractivity contribution in [3.63, 3.8) is 0 Å². The Kier molecular flexibility index (Phi) is 2.94. The van der Waals surface area contributed by atoms with Gasteiger partial charge in [-0.3, -0.25) is 10.4 Å². The fourth-order valence-corrected chi connectivity index (χ4v) is 3.54. The Morgan fingerprint density at radius 2 is 2.17 bits per heavy atom. The highest BCUT2D eigenvalue weighted by Gasteiger charge is 2.36. The van der Waals surface area contributed by atoms with E-state index in [1.54, 1.807) is 6.20 Å². The van der Waals surface area contributed by atoms with Crippen molar-refractivity contribution in [1.29, 1.82) is 5.41 Å². The SMILES string of the molecule is N=C(N)c1ncccc1N1CCC2CCCCC21. The highest BCUT2D eigenvalue weighted by molar-refractivity contribution is 5.98. The van der Waals surface area contributed by atoms with E-state index in [1.165, 1.54) is 32.1 Å². The quantitative estimate of drug-likeness (QED) is 0.618. The number of nitrogens with two attached hydrogens (primary N) is 1. The van der Waals surface area contributed by atoms with Crippen LogP contribution in [-0.4, -0.2) is 23.4 Å². The molecule has 2 heterocycles. The molecule has 0 aromatic carbocycles. The van der Waals surface area contributed by atoms with Gasteiger partial charge in [0.1, 0.15) is 11.5 Å². The molecule has 18 heavy (non-hydrogen) atoms. The maximum Gasteiger partial charge on any atom is 0.143 e. The first-order valence-corrected chi connectivity index (χ1v) is 6.83. The Hall–Kier alpha value is -1.58. The van der Waals surface area contributed by atoms with E-state index in [4.69, 9.17) is 11.1 Å². The van der Waals surface area contributed by atoms with E-state index < -0.39 is 0 Å². The summed E-state index contributed by atoms with van der Waals surface area (Å²) in [4.78, 5) is 6.71. The largest absolute Gasteiger partial charge is 0.382 e. The smallest absolute Gasteiger partial charge is 0.143 e. The zero-order valence-corrected chi connectivity index (χ0v) is 10.6. The van der Waals surface area contributed by atoms with Crippen LogP contribution < -0.4 is 10.6 Å². The summed E-state index contributed by atoms with van der Waals surface area (Å²) in [5.74, 6) is 0.906. The number of aromatic nitrogens is 1. The van der Waals surface area contributed by atoms with Gasteiger partial charge in [0.15, 0.2) is 0 Å². The van der Waals surface area contributed by atoms with Gasteiger partial charge in [-0.05, 0) is 37.3 Å². The molecular formula is C14H20N4. The third-order valence-electron chi connectivity index (χ3n) is 4.36.